The molecule has 0 saturated carbocycles. The first-order chi connectivity index (χ1) is 16.1. The molecule has 0 spiro atoms. The number of rotatable bonds is 8. The molecule has 0 radical (unpaired) electrons. The number of aromatic nitrogens is 3. The number of amides is 1. The van der Waals surface area contributed by atoms with Crippen LogP contribution in [0.4, 0.5) is 16.8 Å². The SMILES string of the molecule is COc1ccc(Nc2nccc(-c3sc(N=NC(=O)CCN4CCOCC4)nc3C)n2)cc1. The molecule has 1 saturated heterocycles. The fourth-order valence-electron chi connectivity index (χ4n) is 3.24. The number of hydrogen-bond acceptors (Lipinski definition) is 10. The first kappa shape index (κ1) is 22.9. The Balaban J connectivity index is 1.39. The van der Waals surface area contributed by atoms with Crippen LogP contribution >= 0.6 is 11.3 Å². The molecule has 4 rings (SSSR count). The summed E-state index contributed by atoms with van der Waals surface area (Å²) in [5, 5.41) is 11.5. The number of morpholine rings is 1. The number of hydrogen-bond donors (Lipinski definition) is 1. The smallest absolute Gasteiger partial charge is 0.266 e. The summed E-state index contributed by atoms with van der Waals surface area (Å²) in [6.07, 6.45) is 2.01. The molecular formula is C22H25N7O3S. The van der Waals surface area contributed by atoms with Crippen molar-refractivity contribution in [3.63, 3.8) is 0 Å². The summed E-state index contributed by atoms with van der Waals surface area (Å²) < 4.78 is 10.5. The Labute approximate surface area is 195 Å². The van der Waals surface area contributed by atoms with Crippen LogP contribution in [-0.2, 0) is 9.53 Å². The Morgan fingerprint density at radius 1 is 1.21 bits per heavy atom. The lowest BCUT2D eigenvalue weighted by Gasteiger charge is -2.25. The van der Waals surface area contributed by atoms with Crippen molar-refractivity contribution in [3.8, 4) is 16.3 Å². The van der Waals surface area contributed by atoms with Gasteiger partial charge in [-0.15, -0.1) is 10.2 Å². The highest BCUT2D eigenvalue weighted by Gasteiger charge is 2.14. The van der Waals surface area contributed by atoms with E-state index in [1.807, 2.05) is 37.3 Å². The molecule has 1 aromatic carbocycles. The molecule has 1 fully saturated rings. The third-order valence-corrected chi connectivity index (χ3v) is 6.08. The van der Waals surface area contributed by atoms with Crippen LogP contribution in [0.25, 0.3) is 10.6 Å². The van der Waals surface area contributed by atoms with Gasteiger partial charge >= 0.3 is 0 Å². The Bertz CT molecular complexity index is 1110. The highest BCUT2D eigenvalue weighted by atomic mass is 32.1. The number of nitrogens with zero attached hydrogens (tertiary/aromatic N) is 6. The number of aryl methyl sites for hydroxylation is 1. The van der Waals surface area contributed by atoms with Gasteiger partial charge in [0.05, 0.1) is 36.6 Å². The molecule has 10 nitrogen and oxygen atoms in total. The topological polar surface area (TPSA) is 114 Å². The van der Waals surface area contributed by atoms with Crippen LogP contribution in [0.1, 0.15) is 12.1 Å². The molecule has 0 unspecified atom stereocenters. The molecule has 0 atom stereocenters. The minimum absolute atomic E-state index is 0.260. The lowest BCUT2D eigenvalue weighted by Crippen LogP contribution is -2.37. The average molecular weight is 468 g/mol. The van der Waals surface area contributed by atoms with Gasteiger partial charge in [0.1, 0.15) is 5.75 Å². The van der Waals surface area contributed by atoms with E-state index in [1.54, 1.807) is 13.3 Å². The molecule has 1 amide bonds. The standard InChI is InChI=1S/C22H25N7O3S/c1-15-20(18-7-9-23-21(26-18)25-16-3-5-17(31-2)6-4-16)33-22(24-15)28-27-19(30)8-10-29-11-13-32-14-12-29/h3-7,9H,8,10-14H2,1-2H3,(H,23,25,26). The van der Waals surface area contributed by atoms with E-state index in [0.717, 1.165) is 40.8 Å². The highest BCUT2D eigenvalue weighted by Crippen LogP contribution is 2.33. The summed E-state index contributed by atoms with van der Waals surface area (Å²) in [7, 11) is 1.63. The number of carbonyl (C=O) groups excluding carboxylic acids is 1. The van der Waals surface area contributed by atoms with Crippen molar-refractivity contribution in [2.75, 3.05) is 45.3 Å². The summed E-state index contributed by atoms with van der Waals surface area (Å²) in [6, 6.07) is 9.31. The molecular weight excluding hydrogens is 442 g/mol. The maximum absolute atomic E-state index is 12.1. The maximum Gasteiger partial charge on any atom is 0.266 e. The van der Waals surface area contributed by atoms with E-state index in [-0.39, 0.29) is 5.91 Å². The van der Waals surface area contributed by atoms with Crippen molar-refractivity contribution < 1.29 is 14.3 Å². The van der Waals surface area contributed by atoms with Crippen LogP contribution in [0.5, 0.6) is 5.75 Å². The zero-order chi connectivity index (χ0) is 23.0. The van der Waals surface area contributed by atoms with Crippen LogP contribution in [-0.4, -0.2) is 65.7 Å². The number of ether oxygens (including phenoxy) is 2. The van der Waals surface area contributed by atoms with Crippen LogP contribution < -0.4 is 10.1 Å². The monoisotopic (exact) mass is 467 g/mol. The van der Waals surface area contributed by atoms with E-state index in [4.69, 9.17) is 9.47 Å². The van der Waals surface area contributed by atoms with Gasteiger partial charge in [-0.25, -0.2) is 15.0 Å². The average Bonchev–Trinajstić information content (AvgIpc) is 3.23. The fourth-order valence-corrected chi connectivity index (χ4v) is 4.10. The number of carbonyl (C=O) groups is 1. The van der Waals surface area contributed by atoms with Crippen molar-refractivity contribution in [2.45, 2.75) is 13.3 Å². The molecule has 3 heterocycles. The highest BCUT2D eigenvalue weighted by molar-refractivity contribution is 7.18. The van der Waals surface area contributed by atoms with Crippen LogP contribution in [0.3, 0.4) is 0 Å². The first-order valence-electron chi connectivity index (χ1n) is 10.6. The van der Waals surface area contributed by atoms with E-state index < -0.39 is 0 Å². The van der Waals surface area contributed by atoms with Gasteiger partial charge in [0, 0.05) is 37.9 Å². The molecule has 172 valence electrons. The predicted octanol–water partition coefficient (Wildman–Crippen LogP) is 3.99. The lowest BCUT2D eigenvalue weighted by molar-refractivity contribution is -0.118. The zero-order valence-electron chi connectivity index (χ0n) is 18.5. The van der Waals surface area contributed by atoms with Gasteiger partial charge < -0.3 is 14.8 Å². The molecule has 1 N–H and O–H groups in total. The zero-order valence-corrected chi connectivity index (χ0v) is 19.3. The second-order valence-corrected chi connectivity index (χ2v) is 8.31. The molecule has 2 aromatic heterocycles. The number of benzene rings is 1. The third-order valence-electron chi connectivity index (χ3n) is 5.01. The largest absolute Gasteiger partial charge is 0.497 e. The van der Waals surface area contributed by atoms with Crippen LogP contribution in [0.15, 0.2) is 46.8 Å². The Morgan fingerprint density at radius 3 is 2.76 bits per heavy atom. The number of nitrogens with one attached hydrogen (secondary N) is 1. The van der Waals surface area contributed by atoms with Gasteiger partial charge in [-0.1, -0.05) is 11.3 Å². The van der Waals surface area contributed by atoms with Gasteiger partial charge in [0.25, 0.3) is 5.91 Å². The van der Waals surface area contributed by atoms with E-state index in [1.165, 1.54) is 11.3 Å². The molecule has 0 aliphatic carbocycles. The Hall–Kier alpha value is -3.28. The van der Waals surface area contributed by atoms with E-state index in [2.05, 4.69) is 35.4 Å². The van der Waals surface area contributed by atoms with Crippen LogP contribution in [0, 0.1) is 6.92 Å². The second-order valence-electron chi connectivity index (χ2n) is 7.33. The third kappa shape index (κ3) is 6.37. The Kier molecular flexibility index (Phi) is 7.66. The minimum atomic E-state index is -0.260. The number of anilines is 2. The van der Waals surface area contributed by atoms with Gasteiger partial charge in [-0.2, -0.15) is 0 Å². The van der Waals surface area contributed by atoms with Crippen molar-refractivity contribution in [2.24, 2.45) is 10.2 Å². The van der Waals surface area contributed by atoms with Crippen molar-refractivity contribution >= 4 is 34.0 Å². The predicted molar refractivity (Wildman–Crippen MR) is 126 cm³/mol. The summed E-state index contributed by atoms with van der Waals surface area (Å²) >= 11 is 1.34. The van der Waals surface area contributed by atoms with E-state index in [0.29, 0.717) is 37.3 Å². The lowest BCUT2D eigenvalue weighted by atomic mass is 10.3. The van der Waals surface area contributed by atoms with Gasteiger partial charge in [0.15, 0.2) is 0 Å². The van der Waals surface area contributed by atoms with Crippen molar-refractivity contribution in [1.29, 1.82) is 0 Å². The van der Waals surface area contributed by atoms with Crippen LogP contribution in [0.2, 0.25) is 0 Å². The van der Waals surface area contributed by atoms with Crippen molar-refractivity contribution in [3.05, 3.63) is 42.2 Å². The number of azo groups is 1. The molecule has 0 bridgehead atoms. The number of methoxy groups -OCH3 is 1. The van der Waals surface area contributed by atoms with E-state index >= 15 is 0 Å². The summed E-state index contributed by atoms with van der Waals surface area (Å²) in [5.41, 5.74) is 2.33. The van der Waals surface area contributed by atoms with Gasteiger partial charge in [0.2, 0.25) is 11.1 Å². The second kappa shape index (κ2) is 11.0. The van der Waals surface area contributed by atoms with E-state index in [9.17, 15) is 4.79 Å². The Morgan fingerprint density at radius 2 is 2.00 bits per heavy atom. The maximum atomic E-state index is 12.1. The van der Waals surface area contributed by atoms with Gasteiger partial charge in [-0.3, -0.25) is 9.69 Å². The molecule has 3 aromatic rings. The summed E-state index contributed by atoms with van der Waals surface area (Å²) in [6.45, 7) is 5.63. The summed E-state index contributed by atoms with van der Waals surface area (Å²) in [5.74, 6) is 0.979. The molecule has 1 aliphatic heterocycles. The molecule has 1 aliphatic rings. The number of thiazole rings is 1. The van der Waals surface area contributed by atoms with Gasteiger partial charge in [-0.05, 0) is 37.3 Å². The molecule has 11 heteroatoms. The normalized spacial score (nSPS) is 14.5. The van der Waals surface area contributed by atoms with Crippen molar-refractivity contribution in [1.82, 2.24) is 19.9 Å². The first-order valence-corrected chi connectivity index (χ1v) is 11.4. The quantitative estimate of drug-likeness (QED) is 0.495. The fraction of sp³-hybridized carbons (Fsp3) is 0.364. The molecule has 33 heavy (non-hydrogen) atoms. The summed E-state index contributed by atoms with van der Waals surface area (Å²) in [4.78, 5) is 28.5. The minimum Gasteiger partial charge on any atom is -0.497 e.